The van der Waals surface area contributed by atoms with Crippen molar-refractivity contribution in [1.29, 1.82) is 0 Å². The van der Waals surface area contributed by atoms with E-state index in [0.717, 1.165) is 23.3 Å². The Morgan fingerprint density at radius 1 is 1.05 bits per heavy atom. The Kier molecular flexibility index (Phi) is 5.18. The molecule has 1 aromatic heterocycles. The quantitative estimate of drug-likeness (QED) is 0.842. The van der Waals surface area contributed by atoms with Crippen LogP contribution in [0.2, 0.25) is 0 Å². The molecule has 114 valence electrons. The van der Waals surface area contributed by atoms with Crippen LogP contribution in [0, 0.1) is 17.8 Å². The van der Waals surface area contributed by atoms with E-state index in [2.05, 4.69) is 62.3 Å². The van der Waals surface area contributed by atoms with Crippen LogP contribution in [0.25, 0.3) is 10.8 Å². The van der Waals surface area contributed by atoms with Crippen molar-refractivity contribution in [2.24, 2.45) is 23.5 Å². The second kappa shape index (κ2) is 6.90. The maximum atomic E-state index is 5.81. The van der Waals surface area contributed by atoms with Gasteiger partial charge in [0.05, 0.1) is 0 Å². The van der Waals surface area contributed by atoms with Crippen molar-refractivity contribution in [2.75, 3.05) is 11.9 Å². The Balaban J connectivity index is 2.27. The van der Waals surface area contributed by atoms with Gasteiger partial charge in [0, 0.05) is 24.7 Å². The topological polar surface area (TPSA) is 50.9 Å². The van der Waals surface area contributed by atoms with Crippen molar-refractivity contribution in [1.82, 2.24) is 4.98 Å². The number of fused-ring (bicyclic) bond motifs is 1. The highest BCUT2D eigenvalue weighted by Gasteiger charge is 2.17. The normalized spacial score (nSPS) is 11.8. The number of nitrogens with one attached hydrogen (secondary N) is 1. The molecule has 0 atom stereocenters. The molecule has 1 heterocycles. The standard InChI is InChI=1S/C18H27N3/c1-12(2)17(13(3)4)11-21-18-16-8-6-5-7-15(16)14(9-19)10-20-18/h5-8,10,12-13,17H,9,11,19H2,1-4H3,(H,20,21). The summed E-state index contributed by atoms with van der Waals surface area (Å²) < 4.78 is 0. The van der Waals surface area contributed by atoms with E-state index >= 15 is 0 Å². The van der Waals surface area contributed by atoms with E-state index in [0.29, 0.717) is 24.3 Å². The first kappa shape index (κ1) is 15.8. The highest BCUT2D eigenvalue weighted by Crippen LogP contribution is 2.26. The van der Waals surface area contributed by atoms with Gasteiger partial charge < -0.3 is 11.1 Å². The van der Waals surface area contributed by atoms with Gasteiger partial charge in [-0.15, -0.1) is 0 Å². The van der Waals surface area contributed by atoms with Crippen LogP contribution in [0.1, 0.15) is 33.3 Å². The van der Waals surface area contributed by atoms with Gasteiger partial charge in [0.25, 0.3) is 0 Å². The van der Waals surface area contributed by atoms with Gasteiger partial charge >= 0.3 is 0 Å². The molecular weight excluding hydrogens is 258 g/mol. The van der Waals surface area contributed by atoms with Crippen molar-refractivity contribution in [2.45, 2.75) is 34.2 Å². The lowest BCUT2D eigenvalue weighted by molar-refractivity contribution is 0.304. The number of anilines is 1. The summed E-state index contributed by atoms with van der Waals surface area (Å²) in [5.41, 5.74) is 6.90. The van der Waals surface area contributed by atoms with Crippen molar-refractivity contribution in [3.05, 3.63) is 36.0 Å². The van der Waals surface area contributed by atoms with Crippen LogP contribution in [0.3, 0.4) is 0 Å². The molecule has 2 aromatic rings. The van der Waals surface area contributed by atoms with Gasteiger partial charge in [-0.25, -0.2) is 4.98 Å². The molecule has 3 N–H and O–H groups in total. The lowest BCUT2D eigenvalue weighted by atomic mass is 9.85. The number of rotatable bonds is 6. The van der Waals surface area contributed by atoms with Crippen LogP contribution in [-0.4, -0.2) is 11.5 Å². The molecule has 0 fully saturated rings. The predicted molar refractivity (Wildman–Crippen MR) is 91.3 cm³/mol. The van der Waals surface area contributed by atoms with Gasteiger partial charge in [-0.05, 0) is 28.7 Å². The second-order valence-electron chi connectivity index (χ2n) is 6.41. The van der Waals surface area contributed by atoms with Crippen molar-refractivity contribution < 1.29 is 0 Å². The van der Waals surface area contributed by atoms with Gasteiger partial charge in [-0.3, -0.25) is 0 Å². The van der Waals surface area contributed by atoms with Crippen molar-refractivity contribution in [3.8, 4) is 0 Å². The molecule has 0 radical (unpaired) electrons. The number of nitrogens with two attached hydrogens (primary N) is 1. The summed E-state index contributed by atoms with van der Waals surface area (Å²) in [7, 11) is 0. The van der Waals surface area contributed by atoms with E-state index in [1.165, 1.54) is 5.39 Å². The largest absolute Gasteiger partial charge is 0.369 e. The second-order valence-corrected chi connectivity index (χ2v) is 6.41. The molecule has 0 aliphatic rings. The fraction of sp³-hybridized carbons (Fsp3) is 0.500. The number of hydrogen-bond donors (Lipinski definition) is 2. The zero-order valence-corrected chi connectivity index (χ0v) is 13.6. The summed E-state index contributed by atoms with van der Waals surface area (Å²) in [5, 5.41) is 5.91. The predicted octanol–water partition coefficient (Wildman–Crippen LogP) is 4.03. The molecule has 1 aromatic carbocycles. The van der Waals surface area contributed by atoms with Crippen LogP contribution >= 0.6 is 0 Å². The minimum Gasteiger partial charge on any atom is -0.369 e. The Labute approximate surface area is 128 Å². The summed E-state index contributed by atoms with van der Waals surface area (Å²) in [5.74, 6) is 2.92. The molecule has 0 spiro atoms. The zero-order chi connectivity index (χ0) is 15.4. The summed E-state index contributed by atoms with van der Waals surface area (Å²) in [6.45, 7) is 10.6. The van der Waals surface area contributed by atoms with E-state index < -0.39 is 0 Å². The Bertz CT molecular complexity index is 582. The maximum absolute atomic E-state index is 5.81. The third-order valence-electron chi connectivity index (χ3n) is 4.32. The van der Waals surface area contributed by atoms with Crippen molar-refractivity contribution >= 4 is 16.6 Å². The average molecular weight is 285 g/mol. The maximum Gasteiger partial charge on any atom is 0.133 e. The highest BCUT2D eigenvalue weighted by atomic mass is 15.0. The fourth-order valence-electron chi connectivity index (χ4n) is 3.01. The minimum atomic E-state index is 0.522. The van der Waals surface area contributed by atoms with Gasteiger partial charge in [-0.2, -0.15) is 0 Å². The fourth-order valence-corrected chi connectivity index (χ4v) is 3.01. The molecule has 3 nitrogen and oxygen atoms in total. The van der Waals surface area contributed by atoms with Crippen LogP contribution in [0.15, 0.2) is 30.5 Å². The lowest BCUT2D eigenvalue weighted by Gasteiger charge is -2.25. The number of nitrogens with zero attached hydrogens (tertiary/aromatic N) is 1. The third-order valence-corrected chi connectivity index (χ3v) is 4.32. The van der Waals surface area contributed by atoms with E-state index in [1.807, 2.05) is 6.20 Å². The Hall–Kier alpha value is -1.61. The molecule has 3 heteroatoms. The first-order chi connectivity index (χ1) is 10.0. The number of benzene rings is 1. The zero-order valence-electron chi connectivity index (χ0n) is 13.6. The monoisotopic (exact) mass is 285 g/mol. The van der Waals surface area contributed by atoms with Gasteiger partial charge in [0.2, 0.25) is 0 Å². The molecule has 0 unspecified atom stereocenters. The van der Waals surface area contributed by atoms with E-state index in [4.69, 9.17) is 5.73 Å². The summed E-state index contributed by atoms with van der Waals surface area (Å²) in [6.07, 6.45) is 1.89. The summed E-state index contributed by atoms with van der Waals surface area (Å²) in [4.78, 5) is 4.58. The average Bonchev–Trinajstić information content (AvgIpc) is 2.46. The van der Waals surface area contributed by atoms with Crippen LogP contribution in [0.4, 0.5) is 5.82 Å². The molecule has 0 amide bonds. The first-order valence-corrected chi connectivity index (χ1v) is 7.85. The number of hydrogen-bond acceptors (Lipinski definition) is 3. The number of aromatic nitrogens is 1. The number of pyridine rings is 1. The van der Waals surface area contributed by atoms with Gasteiger partial charge in [0.15, 0.2) is 0 Å². The van der Waals surface area contributed by atoms with E-state index in [9.17, 15) is 0 Å². The molecular formula is C18H27N3. The lowest BCUT2D eigenvalue weighted by Crippen LogP contribution is -2.25. The first-order valence-electron chi connectivity index (χ1n) is 7.85. The molecule has 0 saturated heterocycles. The SMILES string of the molecule is CC(C)C(CNc1ncc(CN)c2ccccc12)C(C)C. The Morgan fingerprint density at radius 2 is 1.67 bits per heavy atom. The smallest absolute Gasteiger partial charge is 0.133 e. The van der Waals surface area contributed by atoms with Gasteiger partial charge in [0.1, 0.15) is 5.82 Å². The van der Waals surface area contributed by atoms with Crippen molar-refractivity contribution in [3.63, 3.8) is 0 Å². The van der Waals surface area contributed by atoms with Crippen LogP contribution < -0.4 is 11.1 Å². The van der Waals surface area contributed by atoms with Gasteiger partial charge in [-0.1, -0.05) is 52.0 Å². The van der Waals surface area contributed by atoms with Crippen LogP contribution in [0.5, 0.6) is 0 Å². The molecule has 0 saturated carbocycles. The molecule has 0 aliphatic carbocycles. The molecule has 0 aliphatic heterocycles. The summed E-state index contributed by atoms with van der Waals surface area (Å²) in [6, 6.07) is 8.34. The summed E-state index contributed by atoms with van der Waals surface area (Å²) >= 11 is 0. The highest BCUT2D eigenvalue weighted by molar-refractivity contribution is 5.93. The van der Waals surface area contributed by atoms with E-state index in [-0.39, 0.29) is 0 Å². The third kappa shape index (κ3) is 3.53. The molecule has 0 bridgehead atoms. The van der Waals surface area contributed by atoms with E-state index in [1.54, 1.807) is 0 Å². The molecule has 2 rings (SSSR count). The minimum absolute atomic E-state index is 0.522. The van der Waals surface area contributed by atoms with Crippen LogP contribution in [-0.2, 0) is 6.54 Å². The Morgan fingerprint density at radius 3 is 2.24 bits per heavy atom. The molecule has 21 heavy (non-hydrogen) atoms.